The highest BCUT2D eigenvalue weighted by molar-refractivity contribution is 5.71. The van der Waals surface area contributed by atoms with E-state index in [1.165, 1.54) is 11.1 Å². The van der Waals surface area contributed by atoms with Gasteiger partial charge in [0.15, 0.2) is 13.2 Å². The molecular formula is C53H78O14. The number of unbranched alkanes of at least 4 members (excludes halogenated alkanes) is 4. The fourth-order valence-electron chi connectivity index (χ4n) is 11.4. The van der Waals surface area contributed by atoms with E-state index in [-0.39, 0.29) is 68.6 Å². The molecule has 0 aromatic heterocycles. The highest BCUT2D eigenvalue weighted by Crippen LogP contribution is 2.51. The number of benzene rings is 2. The molecule has 67 heavy (non-hydrogen) atoms. The maximum atomic E-state index is 12.4. The van der Waals surface area contributed by atoms with Gasteiger partial charge in [-0.05, 0) is 161 Å². The molecule has 4 N–H and O–H groups in total. The molecule has 0 bridgehead atoms. The van der Waals surface area contributed by atoms with Crippen LogP contribution in [0.1, 0.15) is 140 Å². The average molecular weight is 939 g/mol. The maximum Gasteiger partial charge on any atom is 0.508 e. The van der Waals surface area contributed by atoms with E-state index < -0.39 is 18.1 Å². The topological polar surface area (TPSA) is 205 Å². The van der Waals surface area contributed by atoms with Gasteiger partial charge < -0.3 is 48.8 Å². The van der Waals surface area contributed by atoms with Crippen LogP contribution in [0.15, 0.2) is 36.4 Å². The zero-order chi connectivity index (χ0) is 48.3. The van der Waals surface area contributed by atoms with E-state index in [1.807, 2.05) is 31.2 Å². The molecule has 0 spiro atoms. The van der Waals surface area contributed by atoms with E-state index in [9.17, 15) is 29.4 Å². The van der Waals surface area contributed by atoms with Crippen LogP contribution in [0.3, 0.4) is 0 Å². The van der Waals surface area contributed by atoms with E-state index in [2.05, 4.69) is 26.0 Å². The number of carboxylic acid groups (broad SMARTS) is 2. The summed E-state index contributed by atoms with van der Waals surface area (Å²) in [7, 11) is 0. The average Bonchev–Trinajstić information content (AvgIpc) is 3.81. The number of carboxylic acids is 2. The monoisotopic (exact) mass is 939 g/mol. The predicted molar refractivity (Wildman–Crippen MR) is 251 cm³/mol. The summed E-state index contributed by atoms with van der Waals surface area (Å²) in [6, 6.07) is 11.6. The number of carbonyl (C=O) groups excluding carboxylic acids is 2. The minimum atomic E-state index is -0.998. The molecule has 2 aromatic carbocycles. The molecule has 14 heteroatoms. The minimum Gasteiger partial charge on any atom is -0.482 e. The number of hydrogen-bond acceptors (Lipinski definition) is 12. The van der Waals surface area contributed by atoms with Crippen molar-refractivity contribution >= 4 is 24.1 Å². The lowest BCUT2D eigenvalue weighted by Crippen LogP contribution is -2.30. The highest BCUT2D eigenvalue weighted by Gasteiger charge is 2.49. The largest absolute Gasteiger partial charge is 0.508 e. The van der Waals surface area contributed by atoms with Crippen LogP contribution in [0.25, 0.3) is 0 Å². The number of aliphatic carboxylic acids is 2. The molecule has 0 heterocycles. The fraction of sp³-hybridized carbons (Fsp3) is 0.698. The zero-order valence-electron chi connectivity index (χ0n) is 40.4. The van der Waals surface area contributed by atoms with Gasteiger partial charge in [-0.3, -0.25) is 0 Å². The van der Waals surface area contributed by atoms with Crippen LogP contribution in [-0.4, -0.2) is 102 Å². The Morgan fingerprint density at radius 1 is 0.597 bits per heavy atom. The van der Waals surface area contributed by atoms with Crippen LogP contribution in [0, 0.1) is 35.5 Å². The van der Waals surface area contributed by atoms with Gasteiger partial charge in [-0.1, -0.05) is 76.6 Å². The molecule has 14 nitrogen and oxygen atoms in total. The van der Waals surface area contributed by atoms with Crippen LogP contribution in [0.2, 0.25) is 0 Å². The SMILES string of the molecule is CCCCC[C@H](O)CC[C@@H]1[C@H]2Cc3cccc(OCC(=O)O)c3C[C@H]2C[C@H]1OC(=O)COCC.CCCCC[C@H](O)CC[C@@H]1[C@H]2Cc3cccc(OCC(=O)O)c3C[C@H]2C[C@H]1OC(=O)OCC. The number of esters is 1. The lowest BCUT2D eigenvalue weighted by molar-refractivity contribution is -0.156. The Balaban J connectivity index is 0.000000251. The Hall–Kier alpha value is -4.40. The summed E-state index contributed by atoms with van der Waals surface area (Å²) in [5.41, 5.74) is 4.49. The number of hydrogen-bond donors (Lipinski definition) is 4. The maximum absolute atomic E-state index is 12.4. The van der Waals surface area contributed by atoms with Crippen molar-refractivity contribution in [2.45, 2.75) is 168 Å². The standard InChI is InChI=1S/C27H40O7.C26H38O7/c1-3-5-6-9-20(28)11-12-21-22-13-18-8-7-10-24(33-16-26(29)30)23(18)14-19(22)15-25(21)34-27(31)17-32-4-2;1-3-5-6-9-19(27)11-12-20-21-13-17-8-7-10-23(32-16-25(28)29)22(17)14-18(21)15-24(20)33-26(30)31-4-2/h7-8,10,19-22,25,28H,3-6,9,11-17H2,1-2H3,(H,29,30);7-8,10,18-21,24,27H,3-6,9,11-16H2,1-2H3,(H,28,29)/t19-,20-,21+,22-,25+;18-,19-,20+,21-,24+/m00/s1. The third-order valence-electron chi connectivity index (χ3n) is 14.5. The Morgan fingerprint density at radius 3 is 1.51 bits per heavy atom. The van der Waals surface area contributed by atoms with E-state index in [0.29, 0.717) is 54.6 Å². The molecule has 0 radical (unpaired) electrons. The molecule has 2 aromatic rings. The second kappa shape index (κ2) is 27.6. The van der Waals surface area contributed by atoms with Gasteiger partial charge in [-0.25, -0.2) is 19.2 Å². The quantitative estimate of drug-likeness (QED) is 0.0514. The molecule has 374 valence electrons. The second-order valence-corrected chi connectivity index (χ2v) is 19.1. The number of rotatable bonds is 26. The normalized spacial score (nSPS) is 24.3. The van der Waals surface area contributed by atoms with Gasteiger partial charge in [-0.15, -0.1) is 0 Å². The molecule has 0 unspecified atom stereocenters. The van der Waals surface area contributed by atoms with Crippen molar-refractivity contribution < 1.29 is 68.0 Å². The number of carbonyl (C=O) groups is 4. The third kappa shape index (κ3) is 16.1. The van der Waals surface area contributed by atoms with Gasteiger partial charge in [-0.2, -0.15) is 0 Å². The van der Waals surface area contributed by atoms with E-state index >= 15 is 0 Å². The molecule has 4 aliphatic carbocycles. The summed E-state index contributed by atoms with van der Waals surface area (Å²) in [6.45, 7) is 7.89. The first-order chi connectivity index (χ1) is 32.3. The van der Waals surface area contributed by atoms with Crippen molar-refractivity contribution in [3.63, 3.8) is 0 Å². The van der Waals surface area contributed by atoms with Gasteiger partial charge in [0.25, 0.3) is 0 Å². The minimum absolute atomic E-state index is 0.0396. The molecule has 4 aliphatic rings. The van der Waals surface area contributed by atoms with Crippen molar-refractivity contribution in [3.05, 3.63) is 58.7 Å². The van der Waals surface area contributed by atoms with Gasteiger partial charge >= 0.3 is 24.1 Å². The van der Waals surface area contributed by atoms with Crippen molar-refractivity contribution in [2.75, 3.05) is 33.0 Å². The van der Waals surface area contributed by atoms with E-state index in [1.54, 1.807) is 6.92 Å². The summed E-state index contributed by atoms with van der Waals surface area (Å²) >= 11 is 0. The number of aliphatic hydroxyl groups is 2. The summed E-state index contributed by atoms with van der Waals surface area (Å²) in [5.74, 6) is 0.636. The number of ether oxygens (including phenoxy) is 6. The molecular weight excluding hydrogens is 861 g/mol. The van der Waals surface area contributed by atoms with E-state index in [4.69, 9.17) is 38.6 Å². The Morgan fingerprint density at radius 2 is 1.07 bits per heavy atom. The summed E-state index contributed by atoms with van der Waals surface area (Å²) < 4.78 is 33.1. The Kier molecular flexibility index (Phi) is 22.0. The predicted octanol–water partition coefficient (Wildman–Crippen LogP) is 8.93. The summed E-state index contributed by atoms with van der Waals surface area (Å²) in [4.78, 5) is 46.4. The van der Waals surface area contributed by atoms with Gasteiger partial charge in [0.05, 0.1) is 18.8 Å². The van der Waals surface area contributed by atoms with Crippen LogP contribution < -0.4 is 9.47 Å². The first kappa shape index (κ1) is 53.6. The van der Waals surface area contributed by atoms with Crippen molar-refractivity contribution in [2.24, 2.45) is 35.5 Å². The molecule has 0 saturated heterocycles. The number of fused-ring (bicyclic) bond motifs is 4. The zero-order valence-corrected chi connectivity index (χ0v) is 40.4. The van der Waals surface area contributed by atoms with Crippen molar-refractivity contribution in [1.29, 1.82) is 0 Å². The lowest BCUT2D eigenvalue weighted by atomic mass is 9.73. The summed E-state index contributed by atoms with van der Waals surface area (Å²) in [6.07, 6.45) is 14.3. The molecule has 2 saturated carbocycles. The fourth-order valence-corrected chi connectivity index (χ4v) is 11.4. The number of aliphatic hydroxyl groups excluding tert-OH is 2. The molecule has 0 amide bonds. The molecule has 2 fully saturated rings. The lowest BCUT2D eigenvalue weighted by Gasteiger charge is -2.32. The Bertz CT molecular complexity index is 1870. The van der Waals surface area contributed by atoms with Crippen LogP contribution in [0.4, 0.5) is 4.79 Å². The van der Waals surface area contributed by atoms with Gasteiger partial charge in [0.2, 0.25) is 0 Å². The van der Waals surface area contributed by atoms with Crippen molar-refractivity contribution in [3.8, 4) is 11.5 Å². The molecule has 10 atom stereocenters. The highest BCUT2D eigenvalue weighted by atomic mass is 16.7. The van der Waals surface area contributed by atoms with Crippen LogP contribution >= 0.6 is 0 Å². The Labute approximate surface area is 397 Å². The third-order valence-corrected chi connectivity index (χ3v) is 14.5. The van der Waals surface area contributed by atoms with Crippen LogP contribution in [-0.2, 0) is 59.0 Å². The van der Waals surface area contributed by atoms with Gasteiger partial charge in [0.1, 0.15) is 30.3 Å². The van der Waals surface area contributed by atoms with Gasteiger partial charge in [0, 0.05) is 6.61 Å². The first-order valence-corrected chi connectivity index (χ1v) is 25.2. The van der Waals surface area contributed by atoms with E-state index in [0.717, 1.165) is 114 Å². The molecule has 6 rings (SSSR count). The second-order valence-electron chi connectivity index (χ2n) is 19.1. The molecule has 0 aliphatic heterocycles. The smallest absolute Gasteiger partial charge is 0.482 e. The van der Waals surface area contributed by atoms with Crippen LogP contribution in [0.5, 0.6) is 11.5 Å². The first-order valence-electron chi connectivity index (χ1n) is 25.2. The van der Waals surface area contributed by atoms with Crippen molar-refractivity contribution in [1.82, 2.24) is 0 Å². The summed E-state index contributed by atoms with van der Waals surface area (Å²) in [5, 5.41) is 39.0.